The van der Waals surface area contributed by atoms with E-state index in [1.165, 1.54) is 19.3 Å². The maximum Gasteiger partial charge on any atom is 0.255 e. The molecule has 10 heteroatoms. The van der Waals surface area contributed by atoms with Gasteiger partial charge in [0.05, 0.1) is 42.0 Å². The first-order valence-corrected chi connectivity index (χ1v) is 12.1. The average molecular weight is 506 g/mol. The molecule has 0 saturated carbocycles. The van der Waals surface area contributed by atoms with Gasteiger partial charge in [0, 0.05) is 36.5 Å². The van der Waals surface area contributed by atoms with Crippen molar-refractivity contribution in [1.29, 1.82) is 0 Å². The number of H-pyrrole nitrogens is 1. The number of carbonyl (C=O) groups is 2. The van der Waals surface area contributed by atoms with Crippen LogP contribution in [0.3, 0.4) is 0 Å². The van der Waals surface area contributed by atoms with Crippen molar-refractivity contribution >= 4 is 23.2 Å². The first kappa shape index (κ1) is 24.4. The highest BCUT2D eigenvalue weighted by Gasteiger charge is 2.38. The molecular formula is C27H28FN5O4. The quantitative estimate of drug-likeness (QED) is 0.402. The van der Waals surface area contributed by atoms with E-state index in [1.54, 1.807) is 35.5 Å². The number of benzene rings is 1. The molecule has 2 atom stereocenters. The Morgan fingerprint density at radius 2 is 2.22 bits per heavy atom. The summed E-state index contributed by atoms with van der Waals surface area (Å²) in [5.41, 5.74) is 3.34. The molecule has 4 heterocycles. The van der Waals surface area contributed by atoms with Gasteiger partial charge in [0.1, 0.15) is 12.4 Å². The lowest BCUT2D eigenvalue weighted by Gasteiger charge is -2.46. The molecule has 3 aromatic rings. The number of pyridine rings is 1. The molecule has 2 aliphatic heterocycles. The highest BCUT2D eigenvalue weighted by Crippen LogP contribution is 2.42. The second-order valence-electron chi connectivity index (χ2n) is 9.05. The number of para-hydroxylation sites is 1. The summed E-state index contributed by atoms with van der Waals surface area (Å²) in [6.07, 6.45) is 5.97. The summed E-state index contributed by atoms with van der Waals surface area (Å²) in [5, 5.41) is 6.09. The molecule has 2 amide bonds. The van der Waals surface area contributed by atoms with Crippen LogP contribution in [0.5, 0.6) is 11.5 Å². The molecule has 192 valence electrons. The Labute approximate surface area is 213 Å². The standard InChI is InChI=1S/C27H28FN5O4/c1-4-22(34)33-15(2)12-16(33)14-37-21-13-29-10-8-17(21)24-25(23-19(31-24)9-11-30-27(23)35)32-20-7-5-6-18(28)26(20)36-3/h4-8,10,13,15-16,31-32H,1,9,11-12,14H2,2-3H3,(H,30,35)/t15-,16-/m1/s1. The number of amides is 2. The smallest absolute Gasteiger partial charge is 0.255 e. The maximum atomic E-state index is 14.4. The Kier molecular flexibility index (Phi) is 6.56. The highest BCUT2D eigenvalue weighted by atomic mass is 19.1. The van der Waals surface area contributed by atoms with Crippen LogP contribution in [0.2, 0.25) is 0 Å². The van der Waals surface area contributed by atoms with Gasteiger partial charge in [0.15, 0.2) is 11.6 Å². The Morgan fingerprint density at radius 1 is 1.38 bits per heavy atom. The van der Waals surface area contributed by atoms with Crippen molar-refractivity contribution in [2.75, 3.05) is 25.6 Å². The molecule has 0 radical (unpaired) electrons. The van der Waals surface area contributed by atoms with Crippen molar-refractivity contribution in [1.82, 2.24) is 20.2 Å². The fourth-order valence-electron chi connectivity index (χ4n) is 5.04. The number of carbonyl (C=O) groups excluding carboxylic acids is 2. The monoisotopic (exact) mass is 505 g/mol. The molecule has 0 unspecified atom stereocenters. The summed E-state index contributed by atoms with van der Waals surface area (Å²) in [6.45, 7) is 6.36. The Morgan fingerprint density at radius 3 is 2.97 bits per heavy atom. The van der Waals surface area contributed by atoms with E-state index < -0.39 is 5.82 Å². The van der Waals surface area contributed by atoms with Crippen LogP contribution in [0.4, 0.5) is 15.8 Å². The summed E-state index contributed by atoms with van der Waals surface area (Å²) in [5.74, 6) is -0.361. The van der Waals surface area contributed by atoms with E-state index in [4.69, 9.17) is 9.47 Å². The number of aromatic amines is 1. The third-order valence-corrected chi connectivity index (χ3v) is 6.79. The number of anilines is 2. The third-order valence-electron chi connectivity index (χ3n) is 6.79. The van der Waals surface area contributed by atoms with Gasteiger partial charge < -0.3 is 30.0 Å². The van der Waals surface area contributed by atoms with Crippen LogP contribution >= 0.6 is 0 Å². The van der Waals surface area contributed by atoms with Gasteiger partial charge in [-0.3, -0.25) is 14.6 Å². The van der Waals surface area contributed by atoms with E-state index in [1.807, 2.05) is 6.92 Å². The first-order valence-electron chi connectivity index (χ1n) is 12.1. The molecule has 2 aliphatic rings. The van der Waals surface area contributed by atoms with Gasteiger partial charge in [-0.2, -0.15) is 0 Å². The first-order chi connectivity index (χ1) is 17.9. The van der Waals surface area contributed by atoms with Crippen molar-refractivity contribution in [3.63, 3.8) is 0 Å². The molecule has 1 fully saturated rings. The topological polar surface area (TPSA) is 109 Å². The lowest BCUT2D eigenvalue weighted by atomic mass is 9.94. The molecule has 3 N–H and O–H groups in total. The minimum absolute atomic E-state index is 0.0388. The summed E-state index contributed by atoms with van der Waals surface area (Å²) in [7, 11) is 1.39. The van der Waals surface area contributed by atoms with Crippen LogP contribution in [0.15, 0.2) is 49.3 Å². The number of likely N-dealkylation sites (tertiary alicyclic amines) is 1. The number of halogens is 1. The number of nitrogens with one attached hydrogen (secondary N) is 3. The predicted octanol–water partition coefficient (Wildman–Crippen LogP) is 3.81. The van der Waals surface area contributed by atoms with Crippen LogP contribution in [0.25, 0.3) is 11.3 Å². The van der Waals surface area contributed by atoms with E-state index in [9.17, 15) is 14.0 Å². The average Bonchev–Trinajstić information content (AvgIpc) is 3.25. The number of hydrogen-bond acceptors (Lipinski definition) is 6. The second-order valence-corrected chi connectivity index (χ2v) is 9.05. The van der Waals surface area contributed by atoms with E-state index in [0.717, 1.165) is 12.1 Å². The number of rotatable bonds is 8. The zero-order chi connectivity index (χ0) is 26.1. The molecule has 9 nitrogen and oxygen atoms in total. The minimum Gasteiger partial charge on any atom is -0.492 e. The Bertz CT molecular complexity index is 1370. The number of ether oxygens (including phenoxy) is 2. The van der Waals surface area contributed by atoms with Gasteiger partial charge in [-0.1, -0.05) is 12.6 Å². The van der Waals surface area contributed by atoms with Crippen molar-refractivity contribution in [2.45, 2.75) is 31.8 Å². The molecule has 0 bridgehead atoms. The van der Waals surface area contributed by atoms with Crippen molar-refractivity contribution in [3.8, 4) is 22.8 Å². The van der Waals surface area contributed by atoms with Crippen molar-refractivity contribution in [2.24, 2.45) is 0 Å². The molecule has 37 heavy (non-hydrogen) atoms. The largest absolute Gasteiger partial charge is 0.492 e. The van der Waals surface area contributed by atoms with Gasteiger partial charge in [0.2, 0.25) is 5.91 Å². The fraction of sp³-hybridized carbons (Fsp3) is 0.296. The predicted molar refractivity (Wildman–Crippen MR) is 137 cm³/mol. The van der Waals surface area contributed by atoms with Crippen LogP contribution in [0.1, 0.15) is 29.4 Å². The zero-order valence-electron chi connectivity index (χ0n) is 20.6. The Balaban J connectivity index is 1.52. The SMILES string of the molecule is C=CC(=O)N1[C@@H](COc2cnccc2-c2[nH]c3c(c2Nc2cccc(F)c2OC)C(=O)NCC3)C[C@H]1C. The fourth-order valence-corrected chi connectivity index (χ4v) is 5.04. The summed E-state index contributed by atoms with van der Waals surface area (Å²) in [6, 6.07) is 6.38. The van der Waals surface area contributed by atoms with E-state index in [2.05, 4.69) is 27.2 Å². The number of hydrogen-bond donors (Lipinski definition) is 3. The second kappa shape index (κ2) is 9.96. The molecular weight excluding hydrogens is 477 g/mol. The van der Waals surface area contributed by atoms with Crippen LogP contribution in [-0.4, -0.2) is 59.0 Å². The third kappa shape index (κ3) is 4.39. The molecule has 2 aromatic heterocycles. The van der Waals surface area contributed by atoms with Gasteiger partial charge in [0.25, 0.3) is 5.91 Å². The van der Waals surface area contributed by atoms with Crippen LogP contribution < -0.4 is 20.1 Å². The van der Waals surface area contributed by atoms with Gasteiger partial charge >= 0.3 is 0 Å². The number of nitrogens with zero attached hydrogens (tertiary/aromatic N) is 2. The highest BCUT2D eigenvalue weighted by molar-refractivity contribution is 6.06. The van der Waals surface area contributed by atoms with E-state index in [-0.39, 0.29) is 36.3 Å². The lowest BCUT2D eigenvalue weighted by Crippen LogP contribution is -2.59. The van der Waals surface area contributed by atoms with Crippen LogP contribution in [-0.2, 0) is 11.2 Å². The lowest BCUT2D eigenvalue weighted by molar-refractivity contribution is -0.139. The van der Waals surface area contributed by atoms with Gasteiger partial charge in [-0.25, -0.2) is 4.39 Å². The molecule has 1 saturated heterocycles. The van der Waals surface area contributed by atoms with E-state index >= 15 is 0 Å². The normalized spacial score (nSPS) is 18.4. The van der Waals surface area contributed by atoms with Crippen molar-refractivity contribution < 1.29 is 23.5 Å². The van der Waals surface area contributed by atoms with E-state index in [0.29, 0.717) is 46.9 Å². The minimum atomic E-state index is -0.524. The molecule has 5 rings (SSSR count). The number of methoxy groups -OCH3 is 1. The molecule has 1 aromatic carbocycles. The molecule has 0 spiro atoms. The number of aromatic nitrogens is 2. The summed E-state index contributed by atoms with van der Waals surface area (Å²) in [4.78, 5) is 34.5. The summed E-state index contributed by atoms with van der Waals surface area (Å²) < 4.78 is 25.9. The van der Waals surface area contributed by atoms with Gasteiger partial charge in [-0.15, -0.1) is 0 Å². The van der Waals surface area contributed by atoms with Crippen LogP contribution in [0, 0.1) is 5.82 Å². The Hall–Kier alpha value is -4.34. The summed E-state index contributed by atoms with van der Waals surface area (Å²) >= 11 is 0. The maximum absolute atomic E-state index is 14.4. The molecule has 0 aliphatic carbocycles. The zero-order valence-corrected chi connectivity index (χ0v) is 20.6. The van der Waals surface area contributed by atoms with Gasteiger partial charge in [-0.05, 0) is 37.6 Å². The number of fused-ring (bicyclic) bond motifs is 1. The van der Waals surface area contributed by atoms with Crippen molar-refractivity contribution in [3.05, 3.63) is 66.4 Å².